The van der Waals surface area contributed by atoms with E-state index in [-0.39, 0.29) is 24.0 Å². The molecule has 0 amide bonds. The summed E-state index contributed by atoms with van der Waals surface area (Å²) in [5.41, 5.74) is 0. The summed E-state index contributed by atoms with van der Waals surface area (Å²) in [6.45, 7) is 2.06. The molecule has 0 saturated carbocycles. The second-order valence-electron chi connectivity index (χ2n) is 6.37. The van der Waals surface area contributed by atoms with Crippen molar-refractivity contribution in [3.05, 3.63) is 60.8 Å². The third-order valence-electron chi connectivity index (χ3n) is 4.26. The number of hydrogen-bond donors (Lipinski definition) is 2. The van der Waals surface area contributed by atoms with E-state index in [1.54, 1.807) is 12.2 Å². The minimum Gasteiger partial charge on any atom is -0.481 e. The fourth-order valence-electron chi connectivity index (χ4n) is 2.72. The predicted octanol–water partition coefficient (Wildman–Crippen LogP) is 4.39. The smallest absolute Gasteiger partial charge is 0.303 e. The van der Waals surface area contributed by atoms with Gasteiger partial charge in [-0.3, -0.25) is 9.59 Å². The van der Waals surface area contributed by atoms with Gasteiger partial charge in [0, 0.05) is 12.3 Å². The summed E-state index contributed by atoms with van der Waals surface area (Å²) < 4.78 is 0. The summed E-state index contributed by atoms with van der Waals surface area (Å²) in [6.07, 6.45) is 22.2. The Kier molecular flexibility index (Phi) is 11.0. The van der Waals surface area contributed by atoms with E-state index in [9.17, 15) is 14.7 Å². The summed E-state index contributed by atoms with van der Waals surface area (Å²) in [5, 5.41) is 18.5. The van der Waals surface area contributed by atoms with Gasteiger partial charge in [-0.25, -0.2) is 0 Å². The molecule has 0 saturated heterocycles. The SMILES string of the molecule is CC[C@@H]1C=CC(=O)[C@H]1/C=C/[C@H](O)C/C=C\C/C=C\C/C=C\CCC(=O)O. The molecule has 0 bridgehead atoms. The maximum absolute atomic E-state index is 11.8. The molecule has 26 heavy (non-hydrogen) atoms. The Morgan fingerprint density at radius 2 is 1.81 bits per heavy atom. The number of hydrogen-bond acceptors (Lipinski definition) is 3. The van der Waals surface area contributed by atoms with E-state index in [4.69, 9.17) is 5.11 Å². The Balaban J connectivity index is 2.17. The molecule has 1 rings (SSSR count). The van der Waals surface area contributed by atoms with Crippen molar-refractivity contribution in [1.29, 1.82) is 0 Å². The van der Waals surface area contributed by atoms with Gasteiger partial charge in [0.05, 0.1) is 6.10 Å². The summed E-state index contributed by atoms with van der Waals surface area (Å²) in [4.78, 5) is 22.1. The number of allylic oxidation sites excluding steroid dienone is 8. The average Bonchev–Trinajstić information content (AvgIpc) is 2.97. The molecule has 0 radical (unpaired) electrons. The molecule has 0 spiro atoms. The molecular weight excluding hydrogens is 328 g/mol. The first-order chi connectivity index (χ1) is 12.5. The van der Waals surface area contributed by atoms with Gasteiger partial charge in [-0.2, -0.15) is 0 Å². The standard InChI is InChI=1S/C22H30O4/c1-2-18-14-17-21(24)20(18)16-15-19(23)12-10-8-6-4-3-5-7-9-11-13-22(25)26/h3-4,7-10,14-20,23H,2,5-6,11-13H2,1H3,(H,25,26)/b4-3-,9-7-,10-8-,16-15+/t18-,19-,20+/m1/s1. The van der Waals surface area contributed by atoms with Crippen molar-refractivity contribution in [2.45, 2.75) is 51.6 Å². The van der Waals surface area contributed by atoms with Crippen molar-refractivity contribution in [2.24, 2.45) is 11.8 Å². The Morgan fingerprint density at radius 3 is 2.46 bits per heavy atom. The third-order valence-corrected chi connectivity index (χ3v) is 4.26. The van der Waals surface area contributed by atoms with E-state index < -0.39 is 12.1 Å². The first-order valence-corrected chi connectivity index (χ1v) is 9.29. The fraction of sp³-hybridized carbons (Fsp3) is 0.455. The topological polar surface area (TPSA) is 74.6 Å². The van der Waals surface area contributed by atoms with Gasteiger partial charge in [0.15, 0.2) is 5.78 Å². The quantitative estimate of drug-likeness (QED) is 0.507. The van der Waals surface area contributed by atoms with Gasteiger partial charge >= 0.3 is 5.97 Å². The number of ketones is 1. The van der Waals surface area contributed by atoms with Gasteiger partial charge in [0.1, 0.15) is 0 Å². The van der Waals surface area contributed by atoms with Crippen molar-refractivity contribution in [2.75, 3.05) is 0 Å². The molecule has 142 valence electrons. The number of aliphatic hydroxyl groups excluding tert-OH is 1. The van der Waals surface area contributed by atoms with E-state index in [2.05, 4.69) is 6.92 Å². The third kappa shape index (κ3) is 9.33. The minimum atomic E-state index is -0.774. The highest BCUT2D eigenvalue weighted by atomic mass is 16.4. The molecular formula is C22H30O4. The second-order valence-corrected chi connectivity index (χ2v) is 6.37. The van der Waals surface area contributed by atoms with E-state index in [0.29, 0.717) is 12.8 Å². The monoisotopic (exact) mass is 358 g/mol. The van der Waals surface area contributed by atoms with Crippen LogP contribution in [-0.4, -0.2) is 28.1 Å². The van der Waals surface area contributed by atoms with Crippen LogP contribution in [0.25, 0.3) is 0 Å². The van der Waals surface area contributed by atoms with Crippen molar-refractivity contribution >= 4 is 11.8 Å². The first-order valence-electron chi connectivity index (χ1n) is 9.29. The van der Waals surface area contributed by atoms with Gasteiger partial charge in [0.25, 0.3) is 0 Å². The normalized spacial score (nSPS) is 21.8. The Morgan fingerprint density at radius 1 is 1.15 bits per heavy atom. The van der Waals surface area contributed by atoms with Crippen molar-refractivity contribution in [3.63, 3.8) is 0 Å². The maximum Gasteiger partial charge on any atom is 0.303 e. The van der Waals surface area contributed by atoms with Gasteiger partial charge in [-0.05, 0) is 44.1 Å². The van der Waals surface area contributed by atoms with Crippen molar-refractivity contribution in [3.8, 4) is 0 Å². The molecule has 0 fully saturated rings. The molecule has 0 heterocycles. The fourth-order valence-corrected chi connectivity index (χ4v) is 2.72. The predicted molar refractivity (Wildman–Crippen MR) is 105 cm³/mol. The highest BCUT2D eigenvalue weighted by molar-refractivity contribution is 5.95. The molecule has 1 aliphatic rings. The average molecular weight is 358 g/mol. The number of carboxylic acid groups (broad SMARTS) is 1. The Hall–Kier alpha value is -2.20. The van der Waals surface area contributed by atoms with Crippen LogP contribution in [0.5, 0.6) is 0 Å². The zero-order valence-electron chi connectivity index (χ0n) is 15.5. The zero-order chi connectivity index (χ0) is 19.2. The van der Waals surface area contributed by atoms with Gasteiger partial charge < -0.3 is 10.2 Å². The summed E-state index contributed by atoms with van der Waals surface area (Å²) in [5.74, 6) is -0.517. The van der Waals surface area contributed by atoms with Crippen LogP contribution in [0.3, 0.4) is 0 Å². The molecule has 3 atom stereocenters. The Bertz CT molecular complexity index is 581. The highest BCUT2D eigenvalue weighted by Gasteiger charge is 2.26. The Labute approximate surface area is 156 Å². The summed E-state index contributed by atoms with van der Waals surface area (Å²) in [6, 6.07) is 0. The molecule has 0 aliphatic heterocycles. The second kappa shape index (κ2) is 13.1. The minimum absolute atomic E-state index is 0.120. The highest BCUT2D eigenvalue weighted by Crippen LogP contribution is 2.26. The maximum atomic E-state index is 11.8. The van der Waals surface area contributed by atoms with E-state index in [1.807, 2.05) is 48.6 Å². The molecule has 4 heteroatoms. The number of carboxylic acids is 1. The lowest BCUT2D eigenvalue weighted by molar-refractivity contribution is -0.136. The van der Waals surface area contributed by atoms with Crippen LogP contribution >= 0.6 is 0 Å². The largest absolute Gasteiger partial charge is 0.481 e. The summed E-state index contributed by atoms with van der Waals surface area (Å²) in [7, 11) is 0. The van der Waals surface area contributed by atoms with Crippen LogP contribution in [0.15, 0.2) is 60.8 Å². The lowest BCUT2D eigenvalue weighted by Crippen LogP contribution is -2.13. The van der Waals surface area contributed by atoms with Crippen LogP contribution in [0.1, 0.15) is 45.4 Å². The van der Waals surface area contributed by atoms with Crippen LogP contribution in [0, 0.1) is 11.8 Å². The summed E-state index contributed by atoms with van der Waals surface area (Å²) >= 11 is 0. The molecule has 0 aromatic rings. The van der Waals surface area contributed by atoms with E-state index in [1.165, 1.54) is 0 Å². The lowest BCUT2D eigenvalue weighted by Gasteiger charge is -2.12. The molecule has 0 unspecified atom stereocenters. The van der Waals surface area contributed by atoms with Crippen LogP contribution in [-0.2, 0) is 9.59 Å². The molecule has 2 N–H and O–H groups in total. The molecule has 0 aromatic carbocycles. The van der Waals surface area contributed by atoms with Gasteiger partial charge in [-0.1, -0.05) is 61.6 Å². The lowest BCUT2D eigenvalue weighted by atomic mass is 9.92. The molecule has 0 aromatic heterocycles. The van der Waals surface area contributed by atoms with Crippen LogP contribution in [0.2, 0.25) is 0 Å². The van der Waals surface area contributed by atoms with Crippen LogP contribution in [0.4, 0.5) is 0 Å². The van der Waals surface area contributed by atoms with E-state index >= 15 is 0 Å². The van der Waals surface area contributed by atoms with Crippen molar-refractivity contribution < 1.29 is 19.8 Å². The number of aliphatic hydroxyl groups is 1. The molecule has 4 nitrogen and oxygen atoms in total. The number of rotatable bonds is 12. The number of aliphatic carboxylic acids is 1. The van der Waals surface area contributed by atoms with E-state index in [0.717, 1.165) is 19.3 Å². The van der Waals surface area contributed by atoms with Crippen molar-refractivity contribution in [1.82, 2.24) is 0 Å². The molecule has 1 aliphatic carbocycles. The van der Waals surface area contributed by atoms with Gasteiger partial charge in [0.2, 0.25) is 0 Å². The zero-order valence-corrected chi connectivity index (χ0v) is 15.5. The van der Waals surface area contributed by atoms with Crippen LogP contribution < -0.4 is 0 Å². The first kappa shape index (κ1) is 21.8. The number of carbonyl (C=O) groups is 2. The number of carbonyl (C=O) groups excluding carboxylic acids is 1. The van der Waals surface area contributed by atoms with Gasteiger partial charge in [-0.15, -0.1) is 0 Å².